The van der Waals surface area contributed by atoms with Crippen LogP contribution in [0.25, 0.3) is 10.4 Å². The molecule has 1 N–H and O–H groups in total. The van der Waals surface area contributed by atoms with Crippen LogP contribution in [0.15, 0.2) is 55.0 Å². The van der Waals surface area contributed by atoms with Crippen molar-refractivity contribution in [3.05, 3.63) is 77.9 Å². The SMILES string of the molecule is COc1ccc(-c2ccc(C(F)(F)C(O)(Cn3cnnn3)c3ccc(F)cc3F)nc2)s1. The van der Waals surface area contributed by atoms with Gasteiger partial charge in [-0.05, 0) is 46.8 Å². The van der Waals surface area contributed by atoms with Gasteiger partial charge in [-0.1, -0.05) is 11.3 Å². The zero-order chi connectivity index (χ0) is 22.9. The number of tetrazole rings is 1. The summed E-state index contributed by atoms with van der Waals surface area (Å²) in [4.78, 5) is 4.56. The van der Waals surface area contributed by atoms with Crippen molar-refractivity contribution in [2.75, 3.05) is 7.11 Å². The molecule has 0 bridgehead atoms. The quantitative estimate of drug-likeness (QED) is 0.419. The van der Waals surface area contributed by atoms with Crippen molar-refractivity contribution in [2.45, 2.75) is 18.1 Å². The van der Waals surface area contributed by atoms with Crippen LogP contribution in [0.4, 0.5) is 17.6 Å². The highest BCUT2D eigenvalue weighted by molar-refractivity contribution is 7.17. The molecule has 0 saturated carbocycles. The van der Waals surface area contributed by atoms with Crippen LogP contribution in [0, 0.1) is 11.6 Å². The number of aromatic nitrogens is 5. The predicted octanol–water partition coefficient (Wildman–Crippen LogP) is 3.76. The van der Waals surface area contributed by atoms with Crippen molar-refractivity contribution in [3.63, 3.8) is 0 Å². The first-order valence-corrected chi connectivity index (χ1v) is 9.93. The van der Waals surface area contributed by atoms with E-state index in [0.29, 0.717) is 16.7 Å². The molecule has 1 aromatic carbocycles. The molecule has 0 aliphatic rings. The highest BCUT2D eigenvalue weighted by Gasteiger charge is 2.58. The largest absolute Gasteiger partial charge is 0.487 e. The number of alkyl halides is 2. The number of aliphatic hydroxyl groups is 1. The molecule has 4 rings (SSSR count). The molecule has 12 heteroatoms. The van der Waals surface area contributed by atoms with Gasteiger partial charge in [0.25, 0.3) is 0 Å². The Balaban J connectivity index is 1.77. The van der Waals surface area contributed by atoms with Crippen LogP contribution in [0.2, 0.25) is 0 Å². The van der Waals surface area contributed by atoms with Gasteiger partial charge in [0, 0.05) is 28.3 Å². The standard InChI is InChI=1S/C20H15F4N5O2S/c1-31-18-7-5-16(32-18)12-2-6-17(25-9-12)20(23,24)19(30,10-29-11-26-27-28-29)14-4-3-13(21)8-15(14)22/h2-9,11,30H,10H2,1H3. The minimum atomic E-state index is -4.11. The molecule has 166 valence electrons. The van der Waals surface area contributed by atoms with Gasteiger partial charge in [0.1, 0.15) is 23.7 Å². The second-order valence-corrected chi connectivity index (χ2v) is 7.87. The summed E-state index contributed by atoms with van der Waals surface area (Å²) in [6, 6.07) is 7.87. The van der Waals surface area contributed by atoms with Gasteiger partial charge in [0.15, 0.2) is 10.7 Å². The fraction of sp³-hybridized carbons (Fsp3) is 0.200. The first kappa shape index (κ1) is 21.8. The molecule has 7 nitrogen and oxygen atoms in total. The minimum absolute atomic E-state index is 0.413. The highest BCUT2D eigenvalue weighted by atomic mass is 32.1. The summed E-state index contributed by atoms with van der Waals surface area (Å²) in [5.41, 5.74) is -4.27. The third kappa shape index (κ3) is 3.82. The fourth-order valence-corrected chi connectivity index (χ4v) is 4.00. The lowest BCUT2D eigenvalue weighted by atomic mass is 9.84. The number of benzene rings is 1. The molecule has 0 amide bonds. The average molecular weight is 465 g/mol. The van der Waals surface area contributed by atoms with Crippen LogP contribution in [-0.2, 0) is 18.1 Å². The Hall–Kier alpha value is -3.38. The van der Waals surface area contributed by atoms with E-state index in [4.69, 9.17) is 4.74 Å². The Morgan fingerprint density at radius 3 is 2.53 bits per heavy atom. The maximum absolute atomic E-state index is 15.7. The third-order valence-corrected chi connectivity index (χ3v) is 5.93. The van der Waals surface area contributed by atoms with Crippen LogP contribution in [0.5, 0.6) is 5.06 Å². The Kier molecular flexibility index (Phi) is 5.65. The van der Waals surface area contributed by atoms with Gasteiger partial charge in [0.05, 0.1) is 13.7 Å². The normalized spacial score (nSPS) is 13.7. The van der Waals surface area contributed by atoms with Crippen molar-refractivity contribution in [1.82, 2.24) is 25.2 Å². The Morgan fingerprint density at radius 2 is 1.94 bits per heavy atom. The molecule has 1 atom stereocenters. The molecule has 0 saturated heterocycles. The van der Waals surface area contributed by atoms with Gasteiger partial charge in [-0.2, -0.15) is 8.78 Å². The van der Waals surface area contributed by atoms with Crippen molar-refractivity contribution in [2.24, 2.45) is 0 Å². The zero-order valence-electron chi connectivity index (χ0n) is 16.4. The molecule has 0 aliphatic heterocycles. The number of methoxy groups -OCH3 is 1. The minimum Gasteiger partial charge on any atom is -0.487 e. The average Bonchev–Trinajstić information content (AvgIpc) is 3.45. The number of hydrogen-bond acceptors (Lipinski definition) is 7. The van der Waals surface area contributed by atoms with E-state index in [0.717, 1.165) is 34.1 Å². The molecule has 4 aromatic rings. The monoisotopic (exact) mass is 465 g/mol. The van der Waals surface area contributed by atoms with E-state index in [9.17, 15) is 13.9 Å². The zero-order valence-corrected chi connectivity index (χ0v) is 17.2. The second kappa shape index (κ2) is 8.28. The molecule has 3 aromatic heterocycles. The van der Waals surface area contributed by atoms with E-state index in [1.54, 1.807) is 12.1 Å². The maximum atomic E-state index is 15.7. The highest BCUT2D eigenvalue weighted by Crippen LogP contribution is 2.47. The summed E-state index contributed by atoms with van der Waals surface area (Å²) in [6.45, 7) is -0.916. The van der Waals surface area contributed by atoms with Crippen molar-refractivity contribution in [1.29, 1.82) is 0 Å². The fourth-order valence-electron chi connectivity index (χ4n) is 3.19. The molecule has 1 unspecified atom stereocenters. The first-order chi connectivity index (χ1) is 15.2. The van der Waals surface area contributed by atoms with Crippen LogP contribution in [-0.4, -0.2) is 37.4 Å². The van der Waals surface area contributed by atoms with Gasteiger partial charge in [-0.25, -0.2) is 13.5 Å². The molecule has 3 heterocycles. The molecule has 0 spiro atoms. The van der Waals surface area contributed by atoms with E-state index in [2.05, 4.69) is 20.5 Å². The van der Waals surface area contributed by atoms with E-state index < -0.39 is 41.0 Å². The van der Waals surface area contributed by atoms with E-state index >= 15 is 8.78 Å². The number of nitrogens with zero attached hydrogens (tertiary/aromatic N) is 5. The third-order valence-electron chi connectivity index (χ3n) is 4.83. The smallest absolute Gasteiger partial charge is 0.323 e. The van der Waals surface area contributed by atoms with Gasteiger partial charge in [-0.3, -0.25) is 4.98 Å². The number of halogens is 4. The molecule has 0 aliphatic carbocycles. The van der Waals surface area contributed by atoms with Gasteiger partial charge < -0.3 is 9.84 Å². The first-order valence-electron chi connectivity index (χ1n) is 9.12. The van der Waals surface area contributed by atoms with Crippen LogP contribution >= 0.6 is 11.3 Å². The van der Waals surface area contributed by atoms with Crippen LogP contribution in [0.3, 0.4) is 0 Å². The lowest BCUT2D eigenvalue weighted by Gasteiger charge is -2.35. The summed E-state index contributed by atoms with van der Waals surface area (Å²) in [7, 11) is 1.51. The van der Waals surface area contributed by atoms with Crippen molar-refractivity contribution in [3.8, 4) is 15.5 Å². The summed E-state index contributed by atoms with van der Waals surface area (Å²) in [5, 5.41) is 21.9. The number of hydrogen-bond donors (Lipinski definition) is 1. The van der Waals surface area contributed by atoms with E-state index in [1.807, 2.05) is 0 Å². The Labute approximate surface area is 182 Å². The lowest BCUT2D eigenvalue weighted by molar-refractivity contribution is -0.207. The summed E-state index contributed by atoms with van der Waals surface area (Å²) in [6.07, 6.45) is 2.20. The lowest BCUT2D eigenvalue weighted by Crippen LogP contribution is -2.48. The maximum Gasteiger partial charge on any atom is 0.323 e. The number of rotatable bonds is 7. The van der Waals surface area contributed by atoms with E-state index in [1.165, 1.54) is 30.7 Å². The van der Waals surface area contributed by atoms with Crippen molar-refractivity contribution >= 4 is 11.3 Å². The summed E-state index contributed by atoms with van der Waals surface area (Å²) < 4.78 is 65.2. The Morgan fingerprint density at radius 1 is 1.12 bits per heavy atom. The van der Waals surface area contributed by atoms with Crippen LogP contribution in [0.1, 0.15) is 11.3 Å². The van der Waals surface area contributed by atoms with Gasteiger partial charge in [-0.15, -0.1) is 5.10 Å². The molecular weight excluding hydrogens is 450 g/mol. The molecule has 32 heavy (non-hydrogen) atoms. The number of ether oxygens (including phenoxy) is 1. The molecule has 0 radical (unpaired) electrons. The number of thiophene rings is 1. The van der Waals surface area contributed by atoms with E-state index in [-0.39, 0.29) is 0 Å². The van der Waals surface area contributed by atoms with Gasteiger partial charge in [0.2, 0.25) is 0 Å². The van der Waals surface area contributed by atoms with Crippen molar-refractivity contribution < 1.29 is 27.4 Å². The summed E-state index contributed by atoms with van der Waals surface area (Å²) >= 11 is 1.30. The summed E-state index contributed by atoms with van der Waals surface area (Å²) in [5.74, 6) is -6.43. The second-order valence-electron chi connectivity index (χ2n) is 6.82. The molecule has 0 fully saturated rings. The topological polar surface area (TPSA) is 86.0 Å². The number of pyridine rings is 1. The van der Waals surface area contributed by atoms with Crippen LogP contribution < -0.4 is 4.74 Å². The predicted molar refractivity (Wildman–Crippen MR) is 106 cm³/mol. The van der Waals surface area contributed by atoms with Gasteiger partial charge >= 0.3 is 5.92 Å². The molecular formula is C20H15F4N5O2S. The Bertz CT molecular complexity index is 1220.